The molecule has 2 aromatic rings. The first-order valence-electron chi connectivity index (χ1n) is 4.93. The zero-order chi connectivity index (χ0) is 12.3. The van der Waals surface area contributed by atoms with Gasteiger partial charge >= 0.3 is 0 Å². The first-order valence-corrected chi connectivity index (χ1v) is 7.09. The van der Waals surface area contributed by atoms with Crippen molar-refractivity contribution < 1.29 is 0 Å². The van der Waals surface area contributed by atoms with Gasteiger partial charge in [-0.1, -0.05) is 27.5 Å². The van der Waals surface area contributed by atoms with Crippen molar-refractivity contribution in [3.63, 3.8) is 0 Å². The summed E-state index contributed by atoms with van der Waals surface area (Å²) in [6.45, 7) is 0. The third kappa shape index (κ3) is 3.63. The number of halogens is 2. The number of anilines is 1. The molecule has 17 heavy (non-hydrogen) atoms. The Bertz CT molecular complexity index is 534. The molecule has 2 rings (SSSR count). The second-order valence-electron chi connectivity index (χ2n) is 3.44. The standard InChI is InChI=1S/C12H10BrClN2S/c13-8-1-2-12(11(15)5-8)17-7-10-6-9(14)3-4-16-10/h1-6H,7,15H2. The summed E-state index contributed by atoms with van der Waals surface area (Å²) >= 11 is 10.9. The van der Waals surface area contributed by atoms with Gasteiger partial charge in [-0.25, -0.2) is 0 Å². The summed E-state index contributed by atoms with van der Waals surface area (Å²) in [6, 6.07) is 9.50. The Balaban J connectivity index is 2.07. The highest BCUT2D eigenvalue weighted by Crippen LogP contribution is 2.30. The topological polar surface area (TPSA) is 38.9 Å². The molecule has 0 saturated carbocycles. The van der Waals surface area contributed by atoms with Crippen molar-refractivity contribution >= 4 is 45.0 Å². The second kappa shape index (κ2) is 5.76. The molecular formula is C12H10BrClN2S. The third-order valence-electron chi connectivity index (χ3n) is 2.13. The molecule has 0 atom stereocenters. The molecule has 0 aliphatic rings. The molecule has 2 nitrogen and oxygen atoms in total. The number of thioether (sulfide) groups is 1. The maximum atomic E-state index is 5.92. The van der Waals surface area contributed by atoms with Gasteiger partial charge in [0.05, 0.1) is 5.69 Å². The minimum Gasteiger partial charge on any atom is -0.398 e. The Morgan fingerprint density at radius 1 is 1.29 bits per heavy atom. The van der Waals surface area contributed by atoms with Gasteiger partial charge in [0, 0.05) is 32.0 Å². The van der Waals surface area contributed by atoms with E-state index in [0.717, 1.165) is 26.5 Å². The van der Waals surface area contributed by atoms with Gasteiger partial charge in [-0.2, -0.15) is 0 Å². The molecule has 0 aliphatic heterocycles. The number of pyridine rings is 1. The van der Waals surface area contributed by atoms with Crippen LogP contribution in [0, 0.1) is 0 Å². The van der Waals surface area contributed by atoms with E-state index in [1.807, 2.05) is 24.3 Å². The maximum absolute atomic E-state index is 5.92. The van der Waals surface area contributed by atoms with Gasteiger partial charge in [-0.15, -0.1) is 11.8 Å². The fourth-order valence-corrected chi connectivity index (χ4v) is 2.74. The van der Waals surface area contributed by atoms with Crippen molar-refractivity contribution in [2.45, 2.75) is 10.6 Å². The van der Waals surface area contributed by atoms with E-state index in [4.69, 9.17) is 17.3 Å². The highest BCUT2D eigenvalue weighted by Gasteiger charge is 2.02. The van der Waals surface area contributed by atoms with E-state index < -0.39 is 0 Å². The fourth-order valence-electron chi connectivity index (χ4n) is 1.33. The molecule has 0 aliphatic carbocycles. The van der Waals surface area contributed by atoms with E-state index in [2.05, 4.69) is 20.9 Å². The Hall–Kier alpha value is -0.710. The number of nitrogens with zero attached hydrogens (tertiary/aromatic N) is 1. The van der Waals surface area contributed by atoms with Gasteiger partial charge in [0.25, 0.3) is 0 Å². The van der Waals surface area contributed by atoms with Crippen LogP contribution in [-0.2, 0) is 5.75 Å². The number of nitrogen functional groups attached to an aromatic ring is 1. The van der Waals surface area contributed by atoms with Crippen molar-refractivity contribution in [3.8, 4) is 0 Å². The van der Waals surface area contributed by atoms with Crippen molar-refractivity contribution in [3.05, 3.63) is 51.7 Å². The minimum atomic E-state index is 0.708. The predicted octanol–water partition coefficient (Wildman–Crippen LogP) is 4.37. The summed E-state index contributed by atoms with van der Waals surface area (Å²) in [5.41, 5.74) is 7.64. The van der Waals surface area contributed by atoms with Gasteiger partial charge in [-0.3, -0.25) is 4.98 Å². The van der Waals surface area contributed by atoms with Crippen LogP contribution in [-0.4, -0.2) is 4.98 Å². The van der Waals surface area contributed by atoms with Gasteiger partial charge in [-0.05, 0) is 30.3 Å². The first-order chi connectivity index (χ1) is 8.15. The molecule has 0 bridgehead atoms. The van der Waals surface area contributed by atoms with Gasteiger partial charge in [0.15, 0.2) is 0 Å². The summed E-state index contributed by atoms with van der Waals surface area (Å²) in [5.74, 6) is 0.756. The molecule has 0 saturated heterocycles. The third-order valence-corrected chi connectivity index (χ3v) is 3.98. The molecule has 1 aromatic heterocycles. The van der Waals surface area contributed by atoms with Crippen LogP contribution in [0.5, 0.6) is 0 Å². The van der Waals surface area contributed by atoms with Gasteiger partial charge in [0.2, 0.25) is 0 Å². The van der Waals surface area contributed by atoms with E-state index in [1.165, 1.54) is 0 Å². The Kier molecular flexibility index (Phi) is 4.31. The van der Waals surface area contributed by atoms with Crippen LogP contribution in [0.3, 0.4) is 0 Å². The summed E-state index contributed by atoms with van der Waals surface area (Å²) in [5, 5.41) is 0.708. The zero-order valence-electron chi connectivity index (χ0n) is 8.86. The van der Waals surface area contributed by atoms with E-state index >= 15 is 0 Å². The minimum absolute atomic E-state index is 0.708. The van der Waals surface area contributed by atoms with Crippen LogP contribution >= 0.6 is 39.3 Å². The van der Waals surface area contributed by atoms with Crippen LogP contribution in [0.4, 0.5) is 5.69 Å². The highest BCUT2D eigenvalue weighted by atomic mass is 79.9. The van der Waals surface area contributed by atoms with Crippen LogP contribution in [0.2, 0.25) is 5.02 Å². The fraction of sp³-hybridized carbons (Fsp3) is 0.0833. The largest absolute Gasteiger partial charge is 0.398 e. The monoisotopic (exact) mass is 328 g/mol. The van der Waals surface area contributed by atoms with Crippen molar-refractivity contribution in [2.24, 2.45) is 0 Å². The number of hydrogen-bond acceptors (Lipinski definition) is 3. The average molecular weight is 330 g/mol. The molecule has 1 aromatic carbocycles. The number of benzene rings is 1. The van der Waals surface area contributed by atoms with Crippen LogP contribution in [0.25, 0.3) is 0 Å². The molecule has 5 heteroatoms. The average Bonchev–Trinajstić information content (AvgIpc) is 2.28. The summed E-state index contributed by atoms with van der Waals surface area (Å²) < 4.78 is 0.986. The van der Waals surface area contributed by atoms with Crippen molar-refractivity contribution in [1.82, 2.24) is 4.98 Å². The van der Waals surface area contributed by atoms with Crippen LogP contribution in [0.15, 0.2) is 45.9 Å². The molecule has 0 unspecified atom stereocenters. The van der Waals surface area contributed by atoms with Crippen molar-refractivity contribution in [1.29, 1.82) is 0 Å². The SMILES string of the molecule is Nc1cc(Br)ccc1SCc1cc(Cl)ccn1. The summed E-state index contributed by atoms with van der Waals surface area (Å²) in [6.07, 6.45) is 1.71. The van der Waals surface area contributed by atoms with Gasteiger partial charge in [0.1, 0.15) is 0 Å². The molecule has 0 fully saturated rings. The molecule has 1 heterocycles. The lowest BCUT2D eigenvalue weighted by molar-refractivity contribution is 1.17. The smallest absolute Gasteiger partial charge is 0.0521 e. The summed E-state index contributed by atoms with van der Waals surface area (Å²) in [7, 11) is 0. The lowest BCUT2D eigenvalue weighted by atomic mass is 10.3. The highest BCUT2D eigenvalue weighted by molar-refractivity contribution is 9.10. The van der Waals surface area contributed by atoms with E-state index in [1.54, 1.807) is 24.0 Å². The molecular weight excluding hydrogens is 320 g/mol. The van der Waals surface area contributed by atoms with Crippen molar-refractivity contribution in [2.75, 3.05) is 5.73 Å². The van der Waals surface area contributed by atoms with Crippen LogP contribution in [0.1, 0.15) is 5.69 Å². The first kappa shape index (κ1) is 12.7. The normalized spacial score (nSPS) is 10.5. The van der Waals surface area contributed by atoms with Gasteiger partial charge < -0.3 is 5.73 Å². The molecule has 0 radical (unpaired) electrons. The number of aromatic nitrogens is 1. The number of rotatable bonds is 3. The molecule has 0 amide bonds. The second-order valence-corrected chi connectivity index (χ2v) is 5.81. The lowest BCUT2D eigenvalue weighted by Crippen LogP contribution is -1.90. The molecule has 88 valence electrons. The maximum Gasteiger partial charge on any atom is 0.0521 e. The number of nitrogens with two attached hydrogens (primary N) is 1. The summed E-state index contributed by atoms with van der Waals surface area (Å²) in [4.78, 5) is 5.30. The number of hydrogen-bond donors (Lipinski definition) is 1. The lowest BCUT2D eigenvalue weighted by Gasteiger charge is -2.05. The molecule has 0 spiro atoms. The Morgan fingerprint density at radius 3 is 2.82 bits per heavy atom. The van der Waals surface area contributed by atoms with Crippen LogP contribution < -0.4 is 5.73 Å². The van der Waals surface area contributed by atoms with E-state index in [-0.39, 0.29) is 0 Å². The van der Waals surface area contributed by atoms with E-state index in [0.29, 0.717) is 5.02 Å². The van der Waals surface area contributed by atoms with E-state index in [9.17, 15) is 0 Å². The Morgan fingerprint density at radius 2 is 2.12 bits per heavy atom. The molecule has 2 N–H and O–H groups in total. The Labute approximate surface area is 118 Å². The predicted molar refractivity (Wildman–Crippen MR) is 77.4 cm³/mol. The quantitative estimate of drug-likeness (QED) is 0.671. The zero-order valence-corrected chi connectivity index (χ0v) is 12.0.